The van der Waals surface area contributed by atoms with Gasteiger partial charge < -0.3 is 5.11 Å². The van der Waals surface area contributed by atoms with Gasteiger partial charge in [0.05, 0.1) is 11.3 Å². The number of halogens is 2. The Labute approximate surface area is 198 Å². The van der Waals surface area contributed by atoms with Crippen LogP contribution in [0.3, 0.4) is 0 Å². The number of hydrogen-bond acceptors (Lipinski definition) is 3. The van der Waals surface area contributed by atoms with Gasteiger partial charge in [0, 0.05) is 11.6 Å². The van der Waals surface area contributed by atoms with Crippen LogP contribution in [0.5, 0.6) is 0 Å². The van der Waals surface area contributed by atoms with E-state index in [1.165, 1.54) is 36.4 Å². The second-order valence-corrected chi connectivity index (χ2v) is 10.0. The summed E-state index contributed by atoms with van der Waals surface area (Å²) in [5, 5.41) is 9.81. The lowest BCUT2D eigenvalue weighted by atomic mass is 9.90. The molecular weight excluding hydrogens is 465 g/mol. The van der Waals surface area contributed by atoms with Crippen molar-refractivity contribution in [2.24, 2.45) is 0 Å². The Balaban J connectivity index is 1.65. The summed E-state index contributed by atoms with van der Waals surface area (Å²) in [6.45, 7) is 0.0999. The maximum absolute atomic E-state index is 13.1. The predicted molar refractivity (Wildman–Crippen MR) is 127 cm³/mol. The van der Waals surface area contributed by atoms with Gasteiger partial charge in [-0.15, -0.1) is 0 Å². The summed E-state index contributed by atoms with van der Waals surface area (Å²) in [6, 6.07) is 19.9. The van der Waals surface area contributed by atoms with E-state index in [1.807, 2.05) is 24.3 Å². The van der Waals surface area contributed by atoms with E-state index in [9.17, 15) is 22.7 Å². The largest absolute Gasteiger partial charge is 0.481 e. The number of nitrogens with one attached hydrogen (secondary N) is 1. The fraction of sp³-hybridized carbons (Fsp3) is 0.240. The Morgan fingerprint density at radius 2 is 1.64 bits per heavy atom. The van der Waals surface area contributed by atoms with Crippen molar-refractivity contribution in [1.82, 2.24) is 4.72 Å². The quantitative estimate of drug-likeness (QED) is 0.388. The molecule has 174 valence electrons. The van der Waals surface area contributed by atoms with E-state index >= 15 is 0 Å². The molecule has 5 nitrogen and oxygen atoms in total. The highest BCUT2D eigenvalue weighted by molar-refractivity contribution is 7.89. The molecule has 0 radical (unpaired) electrons. The molecule has 1 unspecified atom stereocenters. The second-order valence-electron chi connectivity index (χ2n) is 7.81. The molecule has 8 heteroatoms. The van der Waals surface area contributed by atoms with E-state index in [-0.39, 0.29) is 29.6 Å². The van der Waals surface area contributed by atoms with Crippen molar-refractivity contribution in [1.29, 1.82) is 0 Å². The van der Waals surface area contributed by atoms with Crippen LogP contribution >= 0.6 is 11.6 Å². The number of benzene rings is 3. The Morgan fingerprint density at radius 3 is 2.30 bits per heavy atom. The van der Waals surface area contributed by atoms with Gasteiger partial charge in [0.1, 0.15) is 5.82 Å². The van der Waals surface area contributed by atoms with Gasteiger partial charge >= 0.3 is 5.97 Å². The van der Waals surface area contributed by atoms with Gasteiger partial charge in [-0.25, -0.2) is 17.5 Å². The number of hydrogen-bond donors (Lipinski definition) is 2. The zero-order chi connectivity index (χ0) is 23.8. The van der Waals surface area contributed by atoms with Crippen LogP contribution in [0.2, 0.25) is 5.02 Å². The van der Waals surface area contributed by atoms with E-state index in [0.29, 0.717) is 11.4 Å². The van der Waals surface area contributed by atoms with Crippen molar-refractivity contribution >= 4 is 27.6 Å². The molecule has 0 aliphatic rings. The highest BCUT2D eigenvalue weighted by Crippen LogP contribution is 2.25. The van der Waals surface area contributed by atoms with Crippen LogP contribution in [-0.2, 0) is 27.7 Å². The molecule has 0 aliphatic carbocycles. The van der Waals surface area contributed by atoms with Crippen molar-refractivity contribution in [2.45, 2.75) is 36.5 Å². The highest BCUT2D eigenvalue weighted by Gasteiger charge is 2.19. The number of aliphatic carboxylic acids is 1. The van der Waals surface area contributed by atoms with Crippen molar-refractivity contribution in [3.05, 3.63) is 100 Å². The van der Waals surface area contributed by atoms with Crippen LogP contribution in [0, 0.1) is 5.82 Å². The van der Waals surface area contributed by atoms with Crippen molar-refractivity contribution in [2.75, 3.05) is 6.54 Å². The summed E-state index contributed by atoms with van der Waals surface area (Å²) < 4.78 is 40.6. The van der Waals surface area contributed by atoms with E-state index in [0.717, 1.165) is 29.5 Å². The number of sulfonamides is 1. The smallest absolute Gasteiger partial charge is 0.303 e. The summed E-state index contributed by atoms with van der Waals surface area (Å²) >= 11 is 5.81. The molecule has 0 fully saturated rings. The lowest BCUT2D eigenvalue weighted by molar-refractivity contribution is -0.137. The fourth-order valence-electron chi connectivity index (χ4n) is 3.60. The highest BCUT2D eigenvalue weighted by atomic mass is 35.5. The summed E-state index contributed by atoms with van der Waals surface area (Å²) in [6.07, 6.45) is 1.68. The summed E-state index contributed by atoms with van der Waals surface area (Å²) in [4.78, 5) is 11.5. The zero-order valence-corrected chi connectivity index (χ0v) is 19.4. The van der Waals surface area contributed by atoms with Gasteiger partial charge in [-0.05, 0) is 78.3 Å². The SMILES string of the molecule is O=C(O)CC(CCNS(=O)(=O)c1ccc(Cl)cc1)c1cccc(CCc2ccc(F)cc2)c1. The number of carbonyl (C=O) groups is 1. The van der Waals surface area contributed by atoms with Gasteiger partial charge in [-0.2, -0.15) is 0 Å². The molecule has 1 atom stereocenters. The molecule has 3 aromatic rings. The molecule has 0 heterocycles. The third kappa shape index (κ3) is 7.67. The molecule has 0 saturated heterocycles. The second kappa shape index (κ2) is 11.4. The summed E-state index contributed by atoms with van der Waals surface area (Å²) in [5.41, 5.74) is 2.90. The standard InChI is InChI=1S/C25H25ClFNO4S/c26-22-8-12-24(13-9-22)33(31,32)28-15-14-21(17-25(29)30)20-3-1-2-19(16-20)5-4-18-6-10-23(27)11-7-18/h1-3,6-13,16,21,28H,4-5,14-15,17H2,(H,29,30). The summed E-state index contributed by atoms with van der Waals surface area (Å²) in [7, 11) is -3.72. The number of carboxylic acids is 1. The third-order valence-electron chi connectivity index (χ3n) is 5.37. The van der Waals surface area contributed by atoms with E-state index in [4.69, 9.17) is 11.6 Å². The maximum atomic E-state index is 13.1. The van der Waals surface area contributed by atoms with E-state index in [2.05, 4.69) is 4.72 Å². The molecule has 0 bridgehead atoms. The minimum Gasteiger partial charge on any atom is -0.481 e. The molecule has 0 aromatic heterocycles. The Morgan fingerprint density at radius 1 is 0.970 bits per heavy atom. The minimum atomic E-state index is -3.72. The van der Waals surface area contributed by atoms with Crippen molar-refractivity contribution in [3.8, 4) is 0 Å². The number of carboxylic acid groups (broad SMARTS) is 1. The molecule has 33 heavy (non-hydrogen) atoms. The first-order valence-corrected chi connectivity index (χ1v) is 12.4. The van der Waals surface area contributed by atoms with Gasteiger partial charge in [0.2, 0.25) is 10.0 Å². The van der Waals surface area contributed by atoms with Crippen molar-refractivity contribution < 1.29 is 22.7 Å². The lowest BCUT2D eigenvalue weighted by Gasteiger charge is -2.17. The minimum absolute atomic E-state index is 0.0999. The van der Waals surface area contributed by atoms with Gasteiger partial charge in [-0.1, -0.05) is 48.0 Å². The van der Waals surface area contributed by atoms with Crippen LogP contribution in [0.4, 0.5) is 4.39 Å². The van der Waals surface area contributed by atoms with Crippen LogP contribution in [-0.4, -0.2) is 26.0 Å². The normalized spacial score (nSPS) is 12.4. The predicted octanol–water partition coefficient (Wildman–Crippen LogP) is 5.19. The summed E-state index contributed by atoms with van der Waals surface area (Å²) in [5.74, 6) is -1.57. The Kier molecular flexibility index (Phi) is 8.61. The molecular formula is C25H25ClFNO4S. The first-order valence-electron chi connectivity index (χ1n) is 10.5. The zero-order valence-electron chi connectivity index (χ0n) is 17.9. The monoisotopic (exact) mass is 489 g/mol. The maximum Gasteiger partial charge on any atom is 0.303 e. The van der Waals surface area contributed by atoms with E-state index in [1.54, 1.807) is 12.1 Å². The van der Waals surface area contributed by atoms with Crippen molar-refractivity contribution in [3.63, 3.8) is 0 Å². The van der Waals surface area contributed by atoms with Gasteiger partial charge in [0.25, 0.3) is 0 Å². The van der Waals surface area contributed by atoms with Crippen LogP contribution in [0.1, 0.15) is 35.4 Å². The van der Waals surface area contributed by atoms with Crippen LogP contribution in [0.25, 0.3) is 0 Å². The van der Waals surface area contributed by atoms with E-state index < -0.39 is 16.0 Å². The Bertz CT molecular complexity index is 1180. The average Bonchev–Trinajstić information content (AvgIpc) is 2.78. The molecule has 3 rings (SSSR count). The third-order valence-corrected chi connectivity index (χ3v) is 7.10. The fourth-order valence-corrected chi connectivity index (χ4v) is 4.78. The number of aryl methyl sites for hydroxylation is 2. The van der Waals surface area contributed by atoms with Gasteiger partial charge in [-0.3, -0.25) is 4.79 Å². The molecule has 0 saturated carbocycles. The lowest BCUT2D eigenvalue weighted by Crippen LogP contribution is -2.26. The first-order chi connectivity index (χ1) is 15.7. The first kappa shape index (κ1) is 24.9. The molecule has 0 aliphatic heterocycles. The molecule has 0 spiro atoms. The van der Waals surface area contributed by atoms with Gasteiger partial charge in [0.15, 0.2) is 0 Å². The molecule has 3 aromatic carbocycles. The average molecular weight is 490 g/mol. The van der Waals surface area contributed by atoms with Crippen LogP contribution < -0.4 is 4.72 Å². The molecule has 0 amide bonds. The topological polar surface area (TPSA) is 83.5 Å². The van der Waals surface area contributed by atoms with Crippen LogP contribution in [0.15, 0.2) is 77.7 Å². The molecule has 2 N–H and O–H groups in total. The Hall–Kier alpha value is -2.74. The number of rotatable bonds is 11.